The quantitative estimate of drug-likeness (QED) is 0.676. The second-order valence-electron chi connectivity index (χ2n) is 3.20. The average Bonchev–Trinajstić information content (AvgIpc) is 2.18. The van der Waals surface area contributed by atoms with Crippen molar-refractivity contribution < 1.29 is 14.7 Å². The number of aromatic carboxylic acids is 1. The van der Waals surface area contributed by atoms with Crippen LogP contribution in [-0.4, -0.2) is 22.2 Å². The summed E-state index contributed by atoms with van der Waals surface area (Å²) in [6, 6.07) is 4.59. The van der Waals surface area contributed by atoms with Gasteiger partial charge < -0.3 is 5.11 Å². The van der Waals surface area contributed by atoms with Crippen LogP contribution in [0.15, 0.2) is 18.2 Å². The zero-order valence-electron chi connectivity index (χ0n) is 8.29. The Hall–Kier alpha value is -1.16. The van der Waals surface area contributed by atoms with Crippen LogP contribution in [0.3, 0.4) is 0 Å². The first-order valence-corrected chi connectivity index (χ1v) is 5.61. The first-order valence-electron chi connectivity index (χ1n) is 4.49. The van der Waals surface area contributed by atoms with E-state index in [2.05, 4.69) is 15.9 Å². The van der Waals surface area contributed by atoms with Gasteiger partial charge in [0, 0.05) is 17.3 Å². The number of ketones is 1. The van der Waals surface area contributed by atoms with Crippen molar-refractivity contribution in [2.75, 3.05) is 5.33 Å². The molecule has 0 saturated carbocycles. The highest BCUT2D eigenvalue weighted by molar-refractivity contribution is 9.09. The second kappa shape index (κ2) is 5.07. The molecule has 0 aliphatic rings. The van der Waals surface area contributed by atoms with Crippen molar-refractivity contribution in [1.82, 2.24) is 0 Å². The third-order valence-electron chi connectivity index (χ3n) is 2.11. The van der Waals surface area contributed by atoms with Crippen molar-refractivity contribution in [3.63, 3.8) is 0 Å². The Labute approximate surface area is 96.2 Å². The molecule has 0 amide bonds. The van der Waals surface area contributed by atoms with E-state index in [9.17, 15) is 9.59 Å². The van der Waals surface area contributed by atoms with E-state index < -0.39 is 5.97 Å². The zero-order chi connectivity index (χ0) is 11.4. The smallest absolute Gasteiger partial charge is 0.335 e. The number of halogens is 1. The number of benzene rings is 1. The fourth-order valence-electron chi connectivity index (χ4n) is 1.28. The van der Waals surface area contributed by atoms with Gasteiger partial charge in [0.15, 0.2) is 5.78 Å². The molecule has 4 heteroatoms. The summed E-state index contributed by atoms with van der Waals surface area (Å²) < 4.78 is 0. The summed E-state index contributed by atoms with van der Waals surface area (Å²) >= 11 is 3.18. The molecular weight excluding hydrogens is 260 g/mol. The molecular formula is C11H11BrO3. The van der Waals surface area contributed by atoms with Crippen LogP contribution in [0.1, 0.15) is 32.7 Å². The molecule has 1 rings (SSSR count). The van der Waals surface area contributed by atoms with Crippen molar-refractivity contribution in [3.8, 4) is 0 Å². The molecule has 80 valence electrons. The molecule has 0 unspecified atom stereocenters. The van der Waals surface area contributed by atoms with E-state index in [1.807, 2.05) is 0 Å². The van der Waals surface area contributed by atoms with Gasteiger partial charge in [-0.05, 0) is 24.6 Å². The summed E-state index contributed by atoms with van der Waals surface area (Å²) in [6.45, 7) is 1.80. The van der Waals surface area contributed by atoms with Gasteiger partial charge in [-0.25, -0.2) is 4.79 Å². The number of rotatable bonds is 4. The predicted molar refractivity (Wildman–Crippen MR) is 60.9 cm³/mol. The molecule has 15 heavy (non-hydrogen) atoms. The molecule has 0 atom stereocenters. The lowest BCUT2D eigenvalue weighted by atomic mass is 10.0. The van der Waals surface area contributed by atoms with Crippen LogP contribution >= 0.6 is 15.9 Å². The summed E-state index contributed by atoms with van der Waals surface area (Å²) in [5.41, 5.74) is 1.46. The third-order valence-corrected chi connectivity index (χ3v) is 2.50. The third kappa shape index (κ3) is 2.89. The minimum absolute atomic E-state index is 0.0347. The molecule has 0 aliphatic heterocycles. The van der Waals surface area contributed by atoms with Gasteiger partial charge in [0.05, 0.1) is 5.56 Å². The Morgan fingerprint density at radius 2 is 2.07 bits per heavy atom. The van der Waals surface area contributed by atoms with Gasteiger partial charge in [-0.1, -0.05) is 22.0 Å². The Bertz CT molecular complexity index is 399. The zero-order valence-corrected chi connectivity index (χ0v) is 9.87. The first-order chi connectivity index (χ1) is 7.06. The predicted octanol–water partition coefficient (Wildman–Crippen LogP) is 2.66. The molecule has 0 fully saturated rings. The van der Waals surface area contributed by atoms with E-state index in [0.29, 0.717) is 17.3 Å². The maximum atomic E-state index is 11.6. The highest BCUT2D eigenvalue weighted by Gasteiger charge is 2.11. The van der Waals surface area contributed by atoms with Crippen LogP contribution < -0.4 is 0 Å². The summed E-state index contributed by atoms with van der Waals surface area (Å²) in [5.74, 6) is -1.05. The van der Waals surface area contributed by atoms with Gasteiger partial charge in [0.1, 0.15) is 0 Å². The van der Waals surface area contributed by atoms with Gasteiger partial charge in [-0.15, -0.1) is 0 Å². The van der Waals surface area contributed by atoms with Crippen molar-refractivity contribution in [2.45, 2.75) is 13.3 Å². The lowest BCUT2D eigenvalue weighted by molar-refractivity contribution is 0.0697. The van der Waals surface area contributed by atoms with E-state index in [-0.39, 0.29) is 11.3 Å². The van der Waals surface area contributed by atoms with E-state index in [1.54, 1.807) is 13.0 Å². The number of Topliss-reactive ketones (excluding diaryl/α,β-unsaturated/α-hetero) is 1. The summed E-state index contributed by atoms with van der Waals surface area (Å²) in [6.07, 6.45) is 0.379. The van der Waals surface area contributed by atoms with E-state index in [0.717, 1.165) is 5.56 Å². The molecule has 0 aliphatic carbocycles. The van der Waals surface area contributed by atoms with Crippen LogP contribution in [0.25, 0.3) is 0 Å². The maximum absolute atomic E-state index is 11.6. The standard InChI is InChI=1S/C11H11BrO3/c1-7-2-3-8(11(14)15)6-9(7)10(13)4-5-12/h2-3,6H,4-5H2,1H3,(H,14,15). The second-order valence-corrected chi connectivity index (χ2v) is 3.99. The number of aryl methyl sites for hydroxylation is 1. The highest BCUT2D eigenvalue weighted by Crippen LogP contribution is 2.14. The number of carboxylic acids is 1. The van der Waals surface area contributed by atoms with E-state index in [1.165, 1.54) is 12.1 Å². The molecule has 1 aromatic carbocycles. The van der Waals surface area contributed by atoms with Gasteiger partial charge in [0.25, 0.3) is 0 Å². The SMILES string of the molecule is Cc1ccc(C(=O)O)cc1C(=O)CCBr. The van der Waals surface area contributed by atoms with Gasteiger partial charge in [-0.3, -0.25) is 4.79 Å². The molecule has 1 N–H and O–H groups in total. The van der Waals surface area contributed by atoms with Crippen LogP contribution in [0, 0.1) is 6.92 Å². The molecule has 3 nitrogen and oxygen atoms in total. The monoisotopic (exact) mass is 270 g/mol. The number of hydrogen-bond donors (Lipinski definition) is 1. The fourth-order valence-corrected chi connectivity index (χ4v) is 1.64. The molecule has 0 bridgehead atoms. The molecule has 0 aromatic heterocycles. The average molecular weight is 271 g/mol. The van der Waals surface area contributed by atoms with Crippen LogP contribution in [0.5, 0.6) is 0 Å². The Kier molecular flexibility index (Phi) is 4.03. The lowest BCUT2D eigenvalue weighted by Gasteiger charge is -2.04. The summed E-state index contributed by atoms with van der Waals surface area (Å²) in [5, 5.41) is 9.38. The number of carbonyl (C=O) groups excluding carboxylic acids is 1. The molecule has 0 spiro atoms. The fraction of sp³-hybridized carbons (Fsp3) is 0.273. The van der Waals surface area contributed by atoms with Gasteiger partial charge >= 0.3 is 5.97 Å². The number of carboxylic acid groups (broad SMARTS) is 1. The largest absolute Gasteiger partial charge is 0.478 e. The van der Waals surface area contributed by atoms with E-state index in [4.69, 9.17) is 5.11 Å². The van der Waals surface area contributed by atoms with Gasteiger partial charge in [-0.2, -0.15) is 0 Å². The minimum Gasteiger partial charge on any atom is -0.478 e. The number of alkyl halides is 1. The van der Waals surface area contributed by atoms with Crippen molar-refractivity contribution in [1.29, 1.82) is 0 Å². The van der Waals surface area contributed by atoms with Crippen LogP contribution in [0.4, 0.5) is 0 Å². The molecule has 0 heterocycles. The van der Waals surface area contributed by atoms with Crippen molar-refractivity contribution >= 4 is 27.7 Å². The maximum Gasteiger partial charge on any atom is 0.335 e. The minimum atomic E-state index is -1.01. The van der Waals surface area contributed by atoms with Crippen LogP contribution in [0.2, 0.25) is 0 Å². The van der Waals surface area contributed by atoms with Gasteiger partial charge in [0.2, 0.25) is 0 Å². The topological polar surface area (TPSA) is 54.4 Å². The van der Waals surface area contributed by atoms with E-state index >= 15 is 0 Å². The normalized spacial score (nSPS) is 10.0. The van der Waals surface area contributed by atoms with Crippen molar-refractivity contribution in [3.05, 3.63) is 34.9 Å². The van der Waals surface area contributed by atoms with Crippen LogP contribution in [-0.2, 0) is 0 Å². The Morgan fingerprint density at radius 3 is 2.60 bits per heavy atom. The highest BCUT2D eigenvalue weighted by atomic mass is 79.9. The Balaban J connectivity index is 3.10. The summed E-state index contributed by atoms with van der Waals surface area (Å²) in [4.78, 5) is 22.3. The Morgan fingerprint density at radius 1 is 1.40 bits per heavy atom. The molecule has 0 saturated heterocycles. The lowest BCUT2D eigenvalue weighted by Crippen LogP contribution is -2.05. The first kappa shape index (κ1) is 11.9. The number of hydrogen-bond acceptors (Lipinski definition) is 2. The molecule has 0 radical (unpaired) electrons. The van der Waals surface area contributed by atoms with Crippen molar-refractivity contribution in [2.24, 2.45) is 0 Å². The number of carbonyl (C=O) groups is 2. The summed E-state index contributed by atoms with van der Waals surface area (Å²) in [7, 11) is 0. The molecule has 1 aromatic rings.